The predicted molar refractivity (Wildman–Crippen MR) is 56.4 cm³/mol. The van der Waals surface area contributed by atoms with Gasteiger partial charge in [-0.2, -0.15) is 0 Å². The van der Waals surface area contributed by atoms with Crippen LogP contribution >= 0.6 is 0 Å². The molecule has 13 heavy (non-hydrogen) atoms. The minimum absolute atomic E-state index is 0.278. The van der Waals surface area contributed by atoms with Crippen molar-refractivity contribution in [3.05, 3.63) is 0 Å². The molecule has 0 bridgehead atoms. The molecule has 2 atom stereocenters. The molecule has 1 nitrogen and oxygen atoms in total. The quantitative estimate of drug-likeness (QED) is 0.661. The van der Waals surface area contributed by atoms with Crippen LogP contribution < -0.4 is 5.73 Å². The molecule has 0 saturated heterocycles. The van der Waals surface area contributed by atoms with Crippen molar-refractivity contribution in [1.82, 2.24) is 0 Å². The summed E-state index contributed by atoms with van der Waals surface area (Å²) < 4.78 is 0. The summed E-state index contributed by atoms with van der Waals surface area (Å²) in [5.74, 6) is 1.76. The number of hydrogen-bond acceptors (Lipinski definition) is 1. The van der Waals surface area contributed by atoms with E-state index in [2.05, 4.69) is 20.8 Å². The maximum Gasteiger partial charge on any atom is 0.0184 e. The van der Waals surface area contributed by atoms with Gasteiger partial charge in [0.2, 0.25) is 0 Å². The van der Waals surface area contributed by atoms with Gasteiger partial charge in [0.05, 0.1) is 0 Å². The average Bonchev–Trinajstić information content (AvgIpc) is 2.60. The molecule has 2 unspecified atom stereocenters. The molecule has 76 valence electrons. The second-order valence-electron chi connectivity index (χ2n) is 6.31. The van der Waals surface area contributed by atoms with Crippen LogP contribution in [0.25, 0.3) is 0 Å². The molecule has 0 radical (unpaired) electrons. The van der Waals surface area contributed by atoms with Crippen molar-refractivity contribution in [2.75, 3.05) is 0 Å². The van der Waals surface area contributed by atoms with E-state index in [-0.39, 0.29) is 5.54 Å². The summed E-state index contributed by atoms with van der Waals surface area (Å²) >= 11 is 0. The summed E-state index contributed by atoms with van der Waals surface area (Å²) in [4.78, 5) is 0. The van der Waals surface area contributed by atoms with Crippen molar-refractivity contribution in [3.8, 4) is 0 Å². The Morgan fingerprint density at radius 3 is 2.15 bits per heavy atom. The van der Waals surface area contributed by atoms with E-state index in [0.717, 1.165) is 11.8 Å². The highest BCUT2D eigenvalue weighted by Gasteiger charge is 2.49. The number of hydrogen-bond donors (Lipinski definition) is 1. The van der Waals surface area contributed by atoms with E-state index in [9.17, 15) is 0 Å². The van der Waals surface area contributed by atoms with Gasteiger partial charge >= 0.3 is 0 Å². The van der Waals surface area contributed by atoms with Gasteiger partial charge in [0, 0.05) is 5.54 Å². The molecule has 2 aliphatic carbocycles. The molecule has 0 aliphatic heterocycles. The van der Waals surface area contributed by atoms with E-state index in [1.54, 1.807) is 0 Å². The molecule has 0 aromatic carbocycles. The molecule has 1 heteroatoms. The van der Waals surface area contributed by atoms with Crippen LogP contribution in [0.15, 0.2) is 0 Å². The van der Waals surface area contributed by atoms with Crippen LogP contribution in [0.3, 0.4) is 0 Å². The largest absolute Gasteiger partial charge is 0.325 e. The summed E-state index contributed by atoms with van der Waals surface area (Å²) in [7, 11) is 0. The van der Waals surface area contributed by atoms with Crippen molar-refractivity contribution in [2.24, 2.45) is 23.0 Å². The summed E-state index contributed by atoms with van der Waals surface area (Å²) in [5, 5.41) is 0. The van der Waals surface area contributed by atoms with Crippen molar-refractivity contribution >= 4 is 0 Å². The summed E-state index contributed by atoms with van der Waals surface area (Å²) in [6.45, 7) is 7.11. The van der Waals surface area contributed by atoms with Gasteiger partial charge < -0.3 is 5.73 Å². The monoisotopic (exact) mass is 181 g/mol. The first-order valence-corrected chi connectivity index (χ1v) is 5.71. The van der Waals surface area contributed by atoms with Gasteiger partial charge in [-0.1, -0.05) is 20.8 Å². The molecule has 2 N–H and O–H groups in total. The van der Waals surface area contributed by atoms with Gasteiger partial charge in [0.15, 0.2) is 0 Å². The second-order valence-corrected chi connectivity index (χ2v) is 6.31. The molecular weight excluding hydrogens is 158 g/mol. The molecule has 2 rings (SSSR count). The van der Waals surface area contributed by atoms with E-state index in [1.165, 1.54) is 32.1 Å². The highest BCUT2D eigenvalue weighted by Crippen LogP contribution is 2.52. The van der Waals surface area contributed by atoms with E-state index < -0.39 is 0 Å². The van der Waals surface area contributed by atoms with Gasteiger partial charge in [0.1, 0.15) is 0 Å². The fraction of sp³-hybridized carbons (Fsp3) is 1.00. The highest BCUT2D eigenvalue weighted by molar-refractivity contribution is 5.06. The SMILES string of the molecule is CC(C)(C)C1CCC(C2(N)CC2)C1. The first kappa shape index (κ1) is 9.51. The Kier molecular flexibility index (Phi) is 1.99. The average molecular weight is 181 g/mol. The standard InChI is InChI=1S/C12H23N/c1-11(2,3)9-4-5-10(8-9)12(13)6-7-12/h9-10H,4-8,13H2,1-3H3. The number of nitrogens with two attached hydrogens (primary N) is 1. The molecule has 2 aliphatic rings. The summed E-state index contributed by atoms with van der Waals surface area (Å²) in [6.07, 6.45) is 6.76. The van der Waals surface area contributed by atoms with E-state index in [0.29, 0.717) is 5.41 Å². The first-order valence-electron chi connectivity index (χ1n) is 5.71. The molecule has 2 fully saturated rings. The third kappa shape index (κ3) is 1.76. The van der Waals surface area contributed by atoms with Crippen molar-refractivity contribution in [3.63, 3.8) is 0 Å². The van der Waals surface area contributed by atoms with Crippen molar-refractivity contribution in [2.45, 2.75) is 58.4 Å². The van der Waals surface area contributed by atoms with Gasteiger partial charge in [-0.25, -0.2) is 0 Å². The lowest BCUT2D eigenvalue weighted by Crippen LogP contribution is -2.31. The van der Waals surface area contributed by atoms with Crippen LogP contribution in [-0.2, 0) is 0 Å². The maximum atomic E-state index is 6.26. The van der Waals surface area contributed by atoms with Gasteiger partial charge in [-0.05, 0) is 49.4 Å². The minimum Gasteiger partial charge on any atom is -0.325 e. The Hall–Kier alpha value is -0.0400. The zero-order chi connectivity index (χ0) is 9.69. The normalized spacial score (nSPS) is 37.8. The minimum atomic E-state index is 0.278. The van der Waals surface area contributed by atoms with E-state index in [1.807, 2.05) is 0 Å². The third-order valence-electron chi connectivity index (χ3n) is 4.30. The van der Waals surface area contributed by atoms with Crippen LogP contribution in [0.1, 0.15) is 52.9 Å². The smallest absolute Gasteiger partial charge is 0.0184 e. The first-order chi connectivity index (χ1) is 5.92. The lowest BCUT2D eigenvalue weighted by Gasteiger charge is -2.27. The molecule has 0 aromatic rings. The molecular formula is C12H23N. The van der Waals surface area contributed by atoms with Gasteiger partial charge in [-0.15, -0.1) is 0 Å². The summed E-state index contributed by atoms with van der Waals surface area (Å²) in [6, 6.07) is 0. The van der Waals surface area contributed by atoms with E-state index in [4.69, 9.17) is 5.73 Å². The van der Waals surface area contributed by atoms with Crippen LogP contribution in [0, 0.1) is 17.3 Å². The Labute approximate surface area is 82.1 Å². The second kappa shape index (κ2) is 2.73. The van der Waals surface area contributed by atoms with E-state index >= 15 is 0 Å². The zero-order valence-corrected chi connectivity index (χ0v) is 9.27. The fourth-order valence-corrected chi connectivity index (χ4v) is 2.84. The van der Waals surface area contributed by atoms with Gasteiger partial charge in [-0.3, -0.25) is 0 Å². The zero-order valence-electron chi connectivity index (χ0n) is 9.27. The van der Waals surface area contributed by atoms with Crippen LogP contribution in [0.4, 0.5) is 0 Å². The Bertz CT molecular complexity index is 186. The Morgan fingerprint density at radius 2 is 1.77 bits per heavy atom. The van der Waals surface area contributed by atoms with Crippen LogP contribution in [0.5, 0.6) is 0 Å². The predicted octanol–water partition coefficient (Wildman–Crippen LogP) is 2.94. The van der Waals surface area contributed by atoms with Crippen molar-refractivity contribution < 1.29 is 0 Å². The molecule has 0 spiro atoms. The Morgan fingerprint density at radius 1 is 1.15 bits per heavy atom. The summed E-state index contributed by atoms with van der Waals surface area (Å²) in [5.41, 5.74) is 7.04. The highest BCUT2D eigenvalue weighted by atomic mass is 14.8. The Balaban J connectivity index is 1.94. The van der Waals surface area contributed by atoms with Crippen LogP contribution in [-0.4, -0.2) is 5.54 Å². The maximum absolute atomic E-state index is 6.26. The lowest BCUT2D eigenvalue weighted by molar-refractivity contribution is 0.233. The molecule has 0 aromatic heterocycles. The van der Waals surface area contributed by atoms with Crippen LogP contribution in [0.2, 0.25) is 0 Å². The fourth-order valence-electron chi connectivity index (χ4n) is 2.84. The topological polar surface area (TPSA) is 26.0 Å². The molecule has 0 amide bonds. The van der Waals surface area contributed by atoms with Crippen molar-refractivity contribution in [1.29, 1.82) is 0 Å². The van der Waals surface area contributed by atoms with Gasteiger partial charge in [0.25, 0.3) is 0 Å². The molecule has 0 heterocycles. The third-order valence-corrected chi connectivity index (χ3v) is 4.30. The molecule has 2 saturated carbocycles. The lowest BCUT2D eigenvalue weighted by atomic mass is 9.79. The number of rotatable bonds is 1.